The van der Waals surface area contributed by atoms with Gasteiger partial charge in [0.25, 0.3) is 5.91 Å². The quantitative estimate of drug-likeness (QED) is 0.0476. The molecule has 1 aliphatic rings. The summed E-state index contributed by atoms with van der Waals surface area (Å²) in [6.07, 6.45) is 11.3. The summed E-state index contributed by atoms with van der Waals surface area (Å²) in [5.41, 5.74) is 0.979. The van der Waals surface area contributed by atoms with E-state index in [1.54, 1.807) is 19.2 Å². The highest BCUT2D eigenvalue weighted by Gasteiger charge is 2.40. The van der Waals surface area contributed by atoms with Crippen LogP contribution in [0.25, 0.3) is 0 Å². The average Bonchev–Trinajstić information content (AvgIpc) is 3.69. The third-order valence-corrected chi connectivity index (χ3v) is 12.9. The first-order valence-corrected chi connectivity index (χ1v) is 23.1. The van der Waals surface area contributed by atoms with Crippen molar-refractivity contribution in [3.8, 4) is 12.3 Å². The van der Waals surface area contributed by atoms with Gasteiger partial charge in [0.05, 0.1) is 29.1 Å². The summed E-state index contributed by atoms with van der Waals surface area (Å²) in [5.74, 6) is -0.247. The summed E-state index contributed by atoms with van der Waals surface area (Å²) >= 11 is 1.28. The maximum absolute atomic E-state index is 14.8. The molecule has 0 aliphatic carbocycles. The number of hydrogen-bond donors (Lipinski definition) is 3. The molecule has 0 radical (unpaired) electrons. The molecule has 0 spiro atoms. The number of carboxylic acid groups (broad SMARTS) is 1. The van der Waals surface area contributed by atoms with Crippen LogP contribution in [0.4, 0.5) is 5.69 Å². The number of nitrogens with zero attached hydrogens (tertiary/aromatic N) is 3. The van der Waals surface area contributed by atoms with Crippen molar-refractivity contribution >= 4 is 46.4 Å². The van der Waals surface area contributed by atoms with Crippen molar-refractivity contribution in [2.24, 2.45) is 23.2 Å². The maximum Gasteiger partial charge on any atom is 0.309 e. The molecule has 1 aliphatic heterocycles. The van der Waals surface area contributed by atoms with Crippen molar-refractivity contribution in [2.75, 3.05) is 25.5 Å². The maximum atomic E-state index is 14.8. The number of benzene rings is 1. The lowest BCUT2D eigenvalue weighted by Crippen LogP contribution is -2.49. The van der Waals surface area contributed by atoms with Crippen LogP contribution in [0, 0.1) is 35.5 Å². The Balaban J connectivity index is 1.94. The van der Waals surface area contributed by atoms with Gasteiger partial charge >= 0.3 is 5.97 Å². The lowest BCUT2D eigenvalue weighted by atomic mass is 9.82. The Labute approximate surface area is 369 Å². The monoisotopic (exact) mass is 864 g/mol. The average molecular weight is 864 g/mol. The van der Waals surface area contributed by atoms with E-state index in [1.165, 1.54) is 23.3 Å². The molecule has 2 heterocycles. The number of aromatic nitrogens is 1. The molecule has 3 N–H and O–H groups in total. The van der Waals surface area contributed by atoms with E-state index in [4.69, 9.17) is 16.2 Å². The van der Waals surface area contributed by atoms with Crippen molar-refractivity contribution in [3.05, 3.63) is 45.9 Å². The summed E-state index contributed by atoms with van der Waals surface area (Å²) in [5, 5.41) is 20.1. The largest absolute Gasteiger partial charge is 0.481 e. The molecular weight excluding hydrogens is 791 g/mol. The van der Waals surface area contributed by atoms with Gasteiger partial charge in [-0.15, -0.1) is 23.7 Å². The van der Waals surface area contributed by atoms with E-state index in [-0.39, 0.29) is 73.0 Å². The van der Waals surface area contributed by atoms with Crippen molar-refractivity contribution in [1.82, 2.24) is 20.3 Å². The van der Waals surface area contributed by atoms with Gasteiger partial charge in [0.1, 0.15) is 11.5 Å². The van der Waals surface area contributed by atoms with Gasteiger partial charge in [0.15, 0.2) is 5.78 Å². The molecule has 0 unspecified atom stereocenters. The second-order valence-electron chi connectivity index (χ2n) is 18.4. The van der Waals surface area contributed by atoms with Crippen LogP contribution >= 0.6 is 11.3 Å². The number of piperidine rings is 1. The Morgan fingerprint density at radius 1 is 1.08 bits per heavy atom. The summed E-state index contributed by atoms with van der Waals surface area (Å²) in [4.78, 5) is 80.9. The Bertz CT molecular complexity index is 1780. The molecule has 1 fully saturated rings. The van der Waals surface area contributed by atoms with Crippen LogP contribution in [0.15, 0.2) is 29.6 Å². The number of anilines is 1. The van der Waals surface area contributed by atoms with Crippen molar-refractivity contribution in [2.45, 2.75) is 163 Å². The highest BCUT2D eigenvalue weighted by molar-refractivity contribution is 7.10. The lowest BCUT2D eigenvalue weighted by Gasteiger charge is -2.38. The van der Waals surface area contributed by atoms with Crippen LogP contribution in [-0.2, 0) is 30.4 Å². The van der Waals surface area contributed by atoms with E-state index in [0.29, 0.717) is 37.1 Å². The number of thiazole rings is 1. The van der Waals surface area contributed by atoms with Gasteiger partial charge in [-0.05, 0) is 116 Å². The van der Waals surface area contributed by atoms with E-state index in [9.17, 15) is 29.1 Å². The molecule has 12 nitrogen and oxygen atoms in total. The van der Waals surface area contributed by atoms with Gasteiger partial charge in [-0.1, -0.05) is 52.7 Å². The van der Waals surface area contributed by atoms with Gasteiger partial charge in [0.2, 0.25) is 5.91 Å². The molecular formula is C48H73N5O7S. The van der Waals surface area contributed by atoms with Crippen LogP contribution in [0.3, 0.4) is 0 Å². The Kier molecular flexibility index (Phi) is 20.6. The number of amides is 2. The van der Waals surface area contributed by atoms with Crippen molar-refractivity contribution in [3.63, 3.8) is 0 Å². The topological polar surface area (TPSA) is 158 Å². The normalized spacial score (nSPS) is 17.2. The van der Waals surface area contributed by atoms with E-state index in [1.807, 2.05) is 59.0 Å². The van der Waals surface area contributed by atoms with Crippen molar-refractivity contribution < 1.29 is 33.9 Å². The first-order valence-electron chi connectivity index (χ1n) is 22.2. The number of rotatable bonds is 26. The Morgan fingerprint density at radius 2 is 1.77 bits per heavy atom. The number of aliphatic carboxylic acids is 1. The van der Waals surface area contributed by atoms with Crippen LogP contribution in [0.1, 0.15) is 153 Å². The number of likely N-dealkylation sites (N-methyl/N-ethyl adjacent to an activating group) is 1. The molecule has 2 aromatic rings. The third-order valence-electron chi connectivity index (χ3n) is 11.9. The number of carbonyl (C=O) groups excluding carboxylic acids is 4. The number of hydrogen-bond acceptors (Lipinski definition) is 10. The lowest BCUT2D eigenvalue weighted by molar-refractivity contribution is -0.213. The number of ketones is 2. The zero-order valence-electron chi connectivity index (χ0n) is 38.4. The number of Topliss-reactive ketones (excluding diaryl/α,β-unsaturated/α-hetero) is 2. The summed E-state index contributed by atoms with van der Waals surface area (Å²) < 4.78 is 0. The highest BCUT2D eigenvalue weighted by Crippen LogP contribution is 2.35. The number of hydroxylamine groups is 2. The molecule has 2 amide bonds. The van der Waals surface area contributed by atoms with Gasteiger partial charge in [-0.3, -0.25) is 28.9 Å². The molecule has 13 heteroatoms. The SMILES string of the molecule is C#CCCCON(C(=O)[C@@H](CC(=O)[C@H]1CCCCN1C)[C@@H](C)CC)[C@H](C[C@@H](CC(C)=O)c1nc(C(=O)N[C@@H](Cc2ccc(NC(C)C)cc2)CC(C)(C)C(=O)O)cs1)C(C)C. The first-order chi connectivity index (χ1) is 28.8. The standard InChI is InChI=1S/C48H73N5O7S/c1-12-14-17-24-60-53(46(57)39(33(7)13-2)28-43(55)41-18-15-16-23-52(41)11)42(31(3)4)27-36(25-34(8)54)45-51-40(30-61-45)44(56)50-38(29-48(9,10)47(58)59)26-35-19-21-37(22-20-35)49-32(5)6/h1,19-22,30-33,36,38-39,41-42,49H,13-18,23-29H2,2-11H3,(H,50,56)(H,58,59)/t33-,36+,38-,39-,41+,42+/m0/s1. The van der Waals surface area contributed by atoms with E-state index in [2.05, 4.69) is 35.3 Å². The van der Waals surface area contributed by atoms with E-state index in [0.717, 1.165) is 37.1 Å². The Morgan fingerprint density at radius 3 is 2.34 bits per heavy atom. The molecule has 1 aromatic heterocycles. The minimum absolute atomic E-state index is 0.0632. The first kappa shape index (κ1) is 51.2. The number of likely N-dealkylation sites (tertiary alicyclic amines) is 1. The fourth-order valence-corrected chi connectivity index (χ4v) is 9.01. The van der Waals surface area contributed by atoms with Gasteiger partial charge in [-0.25, -0.2) is 10.0 Å². The molecule has 1 aromatic carbocycles. The molecule has 61 heavy (non-hydrogen) atoms. The fourth-order valence-electron chi connectivity index (χ4n) is 8.09. The van der Waals surface area contributed by atoms with Gasteiger partial charge in [0, 0.05) is 54.2 Å². The predicted octanol–water partition coefficient (Wildman–Crippen LogP) is 8.56. The van der Waals surface area contributed by atoms with Gasteiger partial charge in [-0.2, -0.15) is 0 Å². The Hall–Kier alpha value is -4.12. The molecule has 338 valence electrons. The third kappa shape index (κ3) is 15.9. The minimum Gasteiger partial charge on any atom is -0.481 e. The van der Waals surface area contributed by atoms with Crippen molar-refractivity contribution in [1.29, 1.82) is 0 Å². The zero-order valence-corrected chi connectivity index (χ0v) is 39.2. The van der Waals surface area contributed by atoms with Gasteiger partial charge < -0.3 is 20.5 Å². The predicted molar refractivity (Wildman–Crippen MR) is 243 cm³/mol. The van der Waals surface area contributed by atoms with Crippen LogP contribution in [-0.4, -0.2) is 93.8 Å². The molecule has 0 saturated carbocycles. The smallest absolute Gasteiger partial charge is 0.309 e. The zero-order chi connectivity index (χ0) is 45.4. The number of carboxylic acids is 1. The number of unbranched alkanes of at least 4 members (excludes halogenated alkanes) is 1. The molecule has 6 atom stereocenters. The van der Waals surface area contributed by atoms with E-state index < -0.39 is 41.2 Å². The second-order valence-corrected chi connectivity index (χ2v) is 19.3. The van der Waals surface area contributed by atoms with Crippen LogP contribution in [0.5, 0.6) is 0 Å². The van der Waals surface area contributed by atoms with Crippen LogP contribution < -0.4 is 10.6 Å². The fraction of sp³-hybridized carbons (Fsp3) is 0.667. The molecule has 3 rings (SSSR count). The van der Waals surface area contributed by atoms with E-state index >= 15 is 0 Å². The molecule has 1 saturated heterocycles. The number of carbonyl (C=O) groups is 5. The minimum atomic E-state index is -1.11. The number of terminal acetylenes is 1. The summed E-state index contributed by atoms with van der Waals surface area (Å²) in [7, 11) is 1.98. The number of nitrogens with one attached hydrogen (secondary N) is 2. The highest BCUT2D eigenvalue weighted by atomic mass is 32.1. The summed E-state index contributed by atoms with van der Waals surface area (Å²) in [6, 6.07) is 6.93. The second kappa shape index (κ2) is 24.5. The summed E-state index contributed by atoms with van der Waals surface area (Å²) in [6.45, 7) is 18.0. The molecule has 0 bridgehead atoms. The van der Waals surface area contributed by atoms with Crippen LogP contribution in [0.2, 0.25) is 0 Å².